The van der Waals surface area contributed by atoms with Crippen LogP contribution >= 0.6 is 0 Å². The Balaban J connectivity index is 1.24. The zero-order valence-corrected chi connectivity index (χ0v) is 14.8. The van der Waals surface area contributed by atoms with Crippen LogP contribution in [0.15, 0.2) is 24.7 Å². The largest absolute Gasteiger partial charge is 0.350 e. The van der Waals surface area contributed by atoms with Crippen LogP contribution in [-0.4, -0.2) is 56.1 Å². The molecule has 1 N–H and O–H groups in total. The van der Waals surface area contributed by atoms with E-state index in [9.17, 15) is 4.79 Å². The summed E-state index contributed by atoms with van der Waals surface area (Å²) in [4.78, 5) is 25.7. The third kappa shape index (κ3) is 3.06. The van der Waals surface area contributed by atoms with Gasteiger partial charge >= 0.3 is 0 Å². The van der Waals surface area contributed by atoms with E-state index in [1.54, 1.807) is 6.33 Å². The Hall–Kier alpha value is -2.44. The lowest BCUT2D eigenvalue weighted by atomic mass is 10.0. The van der Waals surface area contributed by atoms with Crippen molar-refractivity contribution in [3.05, 3.63) is 36.0 Å². The Bertz CT molecular complexity index is 774. The number of carbonyl (C=O) groups is 1. The SMILES string of the molecule is O=C(c1cc(C2CC2)[nH]n1)N1CCC(N(c2ccncn2)C2CC2)CC1. The molecule has 2 aromatic heterocycles. The molecule has 3 fully saturated rings. The highest BCUT2D eigenvalue weighted by molar-refractivity contribution is 5.92. The molecule has 7 heteroatoms. The maximum absolute atomic E-state index is 12.8. The molecule has 0 atom stereocenters. The smallest absolute Gasteiger partial charge is 0.274 e. The Kier molecular flexibility index (Phi) is 3.87. The summed E-state index contributed by atoms with van der Waals surface area (Å²) in [5.74, 6) is 1.68. The van der Waals surface area contributed by atoms with Crippen LogP contribution in [0.3, 0.4) is 0 Å². The van der Waals surface area contributed by atoms with Crippen molar-refractivity contribution < 1.29 is 4.79 Å². The molecule has 5 rings (SSSR count). The van der Waals surface area contributed by atoms with E-state index in [-0.39, 0.29) is 5.91 Å². The van der Waals surface area contributed by atoms with Gasteiger partial charge in [-0.05, 0) is 50.7 Å². The number of nitrogens with zero attached hydrogens (tertiary/aromatic N) is 5. The highest BCUT2D eigenvalue weighted by Gasteiger charge is 2.37. The molecule has 2 aromatic rings. The molecule has 2 saturated carbocycles. The summed E-state index contributed by atoms with van der Waals surface area (Å²) in [5, 5.41) is 7.29. The van der Waals surface area contributed by atoms with Gasteiger partial charge in [-0.25, -0.2) is 9.97 Å². The number of aromatic nitrogens is 4. The van der Waals surface area contributed by atoms with E-state index in [1.807, 2.05) is 23.2 Å². The Morgan fingerprint density at radius 2 is 1.88 bits per heavy atom. The lowest BCUT2D eigenvalue weighted by Crippen LogP contribution is -2.48. The molecule has 1 amide bonds. The number of likely N-dealkylation sites (tertiary alicyclic amines) is 1. The van der Waals surface area contributed by atoms with Crippen molar-refractivity contribution in [3.63, 3.8) is 0 Å². The molecule has 7 nitrogen and oxygen atoms in total. The van der Waals surface area contributed by atoms with Gasteiger partial charge in [0.15, 0.2) is 0 Å². The molecule has 0 spiro atoms. The number of rotatable bonds is 5. The van der Waals surface area contributed by atoms with E-state index >= 15 is 0 Å². The second-order valence-electron chi connectivity index (χ2n) is 7.71. The molecule has 3 aliphatic rings. The molecule has 3 heterocycles. The molecule has 1 saturated heterocycles. The Morgan fingerprint density at radius 1 is 1.12 bits per heavy atom. The summed E-state index contributed by atoms with van der Waals surface area (Å²) in [6.07, 6.45) is 10.3. The zero-order chi connectivity index (χ0) is 17.5. The maximum Gasteiger partial charge on any atom is 0.274 e. The molecular weight excluding hydrogens is 328 g/mol. The number of hydrogen-bond donors (Lipinski definition) is 1. The summed E-state index contributed by atoms with van der Waals surface area (Å²) in [7, 11) is 0. The summed E-state index contributed by atoms with van der Waals surface area (Å²) in [5.41, 5.74) is 1.69. The van der Waals surface area contributed by atoms with Crippen LogP contribution in [0, 0.1) is 0 Å². The van der Waals surface area contributed by atoms with E-state index in [4.69, 9.17) is 0 Å². The van der Waals surface area contributed by atoms with Crippen LogP contribution in [0.4, 0.5) is 5.82 Å². The first-order chi connectivity index (χ1) is 12.8. The number of carbonyl (C=O) groups excluding carboxylic acids is 1. The predicted octanol–water partition coefficient (Wildman–Crippen LogP) is 2.35. The summed E-state index contributed by atoms with van der Waals surface area (Å²) in [6.45, 7) is 1.56. The topological polar surface area (TPSA) is 78.0 Å². The lowest BCUT2D eigenvalue weighted by molar-refractivity contribution is 0.0706. The second-order valence-corrected chi connectivity index (χ2v) is 7.71. The highest BCUT2D eigenvalue weighted by Crippen LogP contribution is 2.39. The van der Waals surface area contributed by atoms with Crippen LogP contribution in [0.1, 0.15) is 60.6 Å². The fraction of sp³-hybridized carbons (Fsp3) is 0.579. The second kappa shape index (κ2) is 6.37. The van der Waals surface area contributed by atoms with Crippen molar-refractivity contribution >= 4 is 11.7 Å². The number of aromatic amines is 1. The number of hydrogen-bond acceptors (Lipinski definition) is 5. The van der Waals surface area contributed by atoms with Crippen molar-refractivity contribution in [1.29, 1.82) is 0 Å². The number of amides is 1. The number of piperidine rings is 1. The minimum absolute atomic E-state index is 0.0617. The van der Waals surface area contributed by atoms with Gasteiger partial charge < -0.3 is 9.80 Å². The first-order valence-corrected chi connectivity index (χ1v) is 9.68. The normalized spacial score (nSPS) is 21.0. The van der Waals surface area contributed by atoms with Crippen molar-refractivity contribution in [2.45, 2.75) is 56.5 Å². The van der Waals surface area contributed by atoms with E-state index in [1.165, 1.54) is 25.7 Å². The standard InChI is InChI=1S/C19H24N6O/c26-19(17-11-16(22-23-17)13-1-2-13)24-9-6-15(7-10-24)25(14-3-4-14)18-5-8-20-12-21-18/h5,8,11-15H,1-4,6-7,9-10H2,(H,22,23). The number of H-pyrrole nitrogens is 1. The van der Waals surface area contributed by atoms with E-state index < -0.39 is 0 Å². The molecule has 136 valence electrons. The van der Waals surface area contributed by atoms with E-state index in [0.717, 1.165) is 37.4 Å². The fourth-order valence-corrected chi connectivity index (χ4v) is 4.02. The van der Waals surface area contributed by atoms with Crippen LogP contribution < -0.4 is 4.90 Å². The van der Waals surface area contributed by atoms with Crippen LogP contribution in [0.25, 0.3) is 0 Å². The molecule has 0 bridgehead atoms. The predicted molar refractivity (Wildman–Crippen MR) is 97.0 cm³/mol. The van der Waals surface area contributed by atoms with Gasteiger partial charge in [0.2, 0.25) is 0 Å². The lowest BCUT2D eigenvalue weighted by Gasteiger charge is -2.39. The van der Waals surface area contributed by atoms with Crippen LogP contribution in [0.5, 0.6) is 0 Å². The number of anilines is 1. The summed E-state index contributed by atoms with van der Waals surface area (Å²) < 4.78 is 0. The van der Waals surface area contributed by atoms with Gasteiger partial charge in [0.05, 0.1) is 0 Å². The zero-order valence-electron chi connectivity index (χ0n) is 14.8. The third-order valence-corrected chi connectivity index (χ3v) is 5.75. The van der Waals surface area contributed by atoms with Crippen molar-refractivity contribution in [2.75, 3.05) is 18.0 Å². The molecule has 0 radical (unpaired) electrons. The molecule has 0 unspecified atom stereocenters. The van der Waals surface area contributed by atoms with Crippen LogP contribution in [0.2, 0.25) is 0 Å². The minimum atomic E-state index is 0.0617. The van der Waals surface area contributed by atoms with Crippen molar-refractivity contribution in [3.8, 4) is 0 Å². The average Bonchev–Trinajstić information content (AvgIpc) is 3.63. The van der Waals surface area contributed by atoms with Crippen LogP contribution in [-0.2, 0) is 0 Å². The van der Waals surface area contributed by atoms with Gasteiger partial charge in [0.25, 0.3) is 5.91 Å². The molecule has 2 aliphatic carbocycles. The maximum atomic E-state index is 12.8. The average molecular weight is 352 g/mol. The molecule has 1 aliphatic heterocycles. The quantitative estimate of drug-likeness (QED) is 0.894. The summed E-state index contributed by atoms with van der Waals surface area (Å²) in [6, 6.07) is 5.00. The molecule has 26 heavy (non-hydrogen) atoms. The highest BCUT2D eigenvalue weighted by atomic mass is 16.2. The fourth-order valence-electron chi connectivity index (χ4n) is 4.02. The van der Waals surface area contributed by atoms with E-state index in [0.29, 0.717) is 23.7 Å². The first kappa shape index (κ1) is 15.8. The Labute approximate surface area is 152 Å². The third-order valence-electron chi connectivity index (χ3n) is 5.75. The Morgan fingerprint density at radius 3 is 2.54 bits per heavy atom. The molecular formula is C19H24N6O. The van der Waals surface area contributed by atoms with Gasteiger partial charge in [0, 0.05) is 43.0 Å². The van der Waals surface area contributed by atoms with E-state index in [2.05, 4.69) is 25.1 Å². The van der Waals surface area contributed by atoms with Gasteiger partial charge in [-0.2, -0.15) is 5.10 Å². The monoisotopic (exact) mass is 352 g/mol. The van der Waals surface area contributed by atoms with Crippen molar-refractivity contribution in [2.24, 2.45) is 0 Å². The van der Waals surface area contributed by atoms with Gasteiger partial charge in [-0.15, -0.1) is 0 Å². The van der Waals surface area contributed by atoms with Gasteiger partial charge in [-0.1, -0.05) is 0 Å². The summed E-state index contributed by atoms with van der Waals surface area (Å²) >= 11 is 0. The first-order valence-electron chi connectivity index (χ1n) is 9.68. The van der Waals surface area contributed by atoms with Crippen molar-refractivity contribution in [1.82, 2.24) is 25.1 Å². The number of nitrogens with one attached hydrogen (secondary N) is 1. The molecule has 0 aromatic carbocycles. The van der Waals surface area contributed by atoms with Gasteiger partial charge in [-0.3, -0.25) is 9.89 Å². The van der Waals surface area contributed by atoms with Gasteiger partial charge in [0.1, 0.15) is 17.8 Å². The minimum Gasteiger partial charge on any atom is -0.350 e.